The van der Waals surface area contributed by atoms with E-state index in [9.17, 15) is 4.79 Å². The summed E-state index contributed by atoms with van der Waals surface area (Å²) in [6, 6.07) is 0. The van der Waals surface area contributed by atoms with Crippen molar-refractivity contribution in [2.45, 2.75) is 25.6 Å². The number of morpholine rings is 2. The maximum Gasteiger partial charge on any atom is 0.225 e. The number of carbonyl (C=O) groups is 1. The molecule has 0 spiro atoms. The third-order valence-electron chi connectivity index (χ3n) is 3.00. The zero-order valence-electron chi connectivity index (χ0n) is 10.2. The van der Waals surface area contributed by atoms with Crippen LogP contribution in [0.3, 0.4) is 0 Å². The van der Waals surface area contributed by atoms with Gasteiger partial charge in [0, 0.05) is 26.2 Å². The quantitative estimate of drug-likeness (QED) is 0.765. The van der Waals surface area contributed by atoms with Crippen LogP contribution in [0.15, 0.2) is 0 Å². The van der Waals surface area contributed by atoms with Gasteiger partial charge in [0.1, 0.15) is 0 Å². The summed E-state index contributed by atoms with van der Waals surface area (Å²) in [6.07, 6.45) is 0.683. The highest BCUT2D eigenvalue weighted by atomic mass is 35.5. The Hall–Kier alpha value is -0.360. The van der Waals surface area contributed by atoms with Crippen LogP contribution < -0.4 is 5.32 Å². The van der Waals surface area contributed by atoms with Crippen molar-refractivity contribution in [3.63, 3.8) is 0 Å². The highest BCUT2D eigenvalue weighted by molar-refractivity contribution is 5.85. The summed E-state index contributed by atoms with van der Waals surface area (Å²) in [5.74, 6) is 0.184. The summed E-state index contributed by atoms with van der Waals surface area (Å²) < 4.78 is 10.9. The van der Waals surface area contributed by atoms with Gasteiger partial charge in [-0.15, -0.1) is 12.4 Å². The van der Waals surface area contributed by atoms with E-state index >= 15 is 0 Å². The Morgan fingerprint density at radius 2 is 2.24 bits per heavy atom. The van der Waals surface area contributed by atoms with Gasteiger partial charge in [0.2, 0.25) is 5.91 Å². The fourth-order valence-electron chi connectivity index (χ4n) is 2.12. The van der Waals surface area contributed by atoms with Gasteiger partial charge in [-0.3, -0.25) is 4.79 Å². The first-order valence-electron chi connectivity index (χ1n) is 5.97. The smallest absolute Gasteiger partial charge is 0.225 e. The second-order valence-electron chi connectivity index (χ2n) is 4.42. The number of halogens is 1. The molecule has 5 nitrogen and oxygen atoms in total. The zero-order chi connectivity index (χ0) is 11.4. The minimum Gasteiger partial charge on any atom is -0.375 e. The molecule has 17 heavy (non-hydrogen) atoms. The minimum atomic E-state index is 0. The molecule has 2 atom stereocenters. The van der Waals surface area contributed by atoms with Gasteiger partial charge >= 0.3 is 0 Å². The Morgan fingerprint density at radius 1 is 1.41 bits per heavy atom. The lowest BCUT2D eigenvalue weighted by Crippen LogP contribution is -2.47. The summed E-state index contributed by atoms with van der Waals surface area (Å²) in [4.78, 5) is 13.9. The lowest BCUT2D eigenvalue weighted by molar-refractivity contribution is -0.141. The monoisotopic (exact) mass is 264 g/mol. The molecule has 0 radical (unpaired) electrons. The van der Waals surface area contributed by atoms with E-state index in [1.54, 1.807) is 0 Å². The summed E-state index contributed by atoms with van der Waals surface area (Å²) in [5.41, 5.74) is 0. The van der Waals surface area contributed by atoms with Crippen LogP contribution >= 0.6 is 12.4 Å². The van der Waals surface area contributed by atoms with Gasteiger partial charge < -0.3 is 19.7 Å². The van der Waals surface area contributed by atoms with Gasteiger partial charge in [-0.25, -0.2) is 0 Å². The number of nitrogens with one attached hydrogen (secondary N) is 1. The second kappa shape index (κ2) is 7.16. The molecule has 2 aliphatic rings. The van der Waals surface area contributed by atoms with Crippen LogP contribution in [0.5, 0.6) is 0 Å². The van der Waals surface area contributed by atoms with E-state index in [0.29, 0.717) is 32.7 Å². The fraction of sp³-hybridized carbons (Fsp3) is 0.909. The van der Waals surface area contributed by atoms with E-state index in [0.717, 1.165) is 13.1 Å². The molecule has 2 saturated heterocycles. The highest BCUT2D eigenvalue weighted by Crippen LogP contribution is 2.09. The van der Waals surface area contributed by atoms with Crippen molar-refractivity contribution in [3.8, 4) is 0 Å². The number of amides is 1. The zero-order valence-corrected chi connectivity index (χ0v) is 11.0. The Bertz CT molecular complexity index is 247. The summed E-state index contributed by atoms with van der Waals surface area (Å²) >= 11 is 0. The molecule has 0 aromatic heterocycles. The number of ether oxygens (including phenoxy) is 2. The molecule has 100 valence electrons. The van der Waals surface area contributed by atoms with E-state index in [1.807, 2.05) is 11.8 Å². The molecule has 1 N–H and O–H groups in total. The van der Waals surface area contributed by atoms with Gasteiger partial charge in [0.15, 0.2) is 0 Å². The normalized spacial score (nSPS) is 29.6. The van der Waals surface area contributed by atoms with Gasteiger partial charge in [-0.1, -0.05) is 0 Å². The van der Waals surface area contributed by atoms with Crippen molar-refractivity contribution < 1.29 is 14.3 Å². The Morgan fingerprint density at radius 3 is 2.88 bits per heavy atom. The number of carbonyl (C=O) groups excluding carboxylic acids is 1. The van der Waals surface area contributed by atoms with Crippen molar-refractivity contribution in [1.82, 2.24) is 10.2 Å². The van der Waals surface area contributed by atoms with Gasteiger partial charge in [-0.2, -0.15) is 0 Å². The lowest BCUT2D eigenvalue weighted by atomic mass is 10.2. The molecule has 2 unspecified atom stereocenters. The molecule has 2 rings (SSSR count). The number of rotatable bonds is 2. The van der Waals surface area contributed by atoms with E-state index in [-0.39, 0.29) is 30.5 Å². The topological polar surface area (TPSA) is 50.8 Å². The Labute approximate surface area is 108 Å². The number of nitrogens with zero attached hydrogens (tertiary/aromatic N) is 1. The molecule has 6 heteroatoms. The average Bonchev–Trinajstić information content (AvgIpc) is 2.30. The largest absolute Gasteiger partial charge is 0.375 e. The molecular weight excluding hydrogens is 244 g/mol. The molecule has 2 aliphatic heterocycles. The number of hydrogen-bond donors (Lipinski definition) is 1. The van der Waals surface area contributed by atoms with Gasteiger partial charge in [0.25, 0.3) is 0 Å². The average molecular weight is 265 g/mol. The Kier molecular flexibility index (Phi) is 6.19. The second-order valence-corrected chi connectivity index (χ2v) is 4.42. The summed E-state index contributed by atoms with van der Waals surface area (Å²) in [5, 5.41) is 3.23. The van der Waals surface area contributed by atoms with Crippen LogP contribution in [0.4, 0.5) is 0 Å². The molecule has 0 bridgehead atoms. The van der Waals surface area contributed by atoms with E-state index in [4.69, 9.17) is 9.47 Å². The van der Waals surface area contributed by atoms with E-state index in [1.165, 1.54) is 0 Å². The fourth-order valence-corrected chi connectivity index (χ4v) is 2.12. The molecule has 0 saturated carbocycles. The van der Waals surface area contributed by atoms with E-state index in [2.05, 4.69) is 5.32 Å². The van der Waals surface area contributed by atoms with Crippen molar-refractivity contribution in [2.75, 3.05) is 39.4 Å². The SMILES string of the molecule is CC1CN(C(=O)CC2CNCCO2)CCO1.Cl. The van der Waals surface area contributed by atoms with Crippen LogP contribution in [0, 0.1) is 0 Å². The van der Waals surface area contributed by atoms with Crippen molar-refractivity contribution in [3.05, 3.63) is 0 Å². The van der Waals surface area contributed by atoms with Gasteiger partial charge in [-0.05, 0) is 6.92 Å². The number of hydrogen-bond acceptors (Lipinski definition) is 4. The Balaban J connectivity index is 0.00000144. The molecule has 1 amide bonds. The molecule has 2 heterocycles. The van der Waals surface area contributed by atoms with Crippen molar-refractivity contribution in [1.29, 1.82) is 0 Å². The lowest BCUT2D eigenvalue weighted by Gasteiger charge is -2.32. The highest BCUT2D eigenvalue weighted by Gasteiger charge is 2.24. The first-order chi connectivity index (χ1) is 7.75. The molecule has 0 aromatic carbocycles. The first-order valence-corrected chi connectivity index (χ1v) is 5.97. The van der Waals surface area contributed by atoms with E-state index < -0.39 is 0 Å². The molecule has 0 aromatic rings. The van der Waals surface area contributed by atoms with Crippen LogP contribution in [-0.4, -0.2) is 62.4 Å². The predicted molar refractivity (Wildman–Crippen MR) is 66.5 cm³/mol. The molecule has 0 aliphatic carbocycles. The van der Waals surface area contributed by atoms with Crippen LogP contribution in [0.25, 0.3) is 0 Å². The maximum absolute atomic E-state index is 12.0. The van der Waals surface area contributed by atoms with Crippen molar-refractivity contribution >= 4 is 18.3 Å². The molecule has 2 fully saturated rings. The van der Waals surface area contributed by atoms with Gasteiger partial charge in [0.05, 0.1) is 31.8 Å². The minimum absolute atomic E-state index is 0. The standard InChI is InChI=1S/C11H20N2O3.ClH/c1-9-8-13(3-5-15-9)11(14)6-10-7-12-2-4-16-10;/h9-10,12H,2-8H2,1H3;1H. The van der Waals surface area contributed by atoms with Crippen molar-refractivity contribution in [2.24, 2.45) is 0 Å². The van der Waals surface area contributed by atoms with Crippen LogP contribution in [0.2, 0.25) is 0 Å². The van der Waals surface area contributed by atoms with Crippen LogP contribution in [-0.2, 0) is 14.3 Å². The maximum atomic E-state index is 12.0. The van der Waals surface area contributed by atoms with Crippen LogP contribution in [0.1, 0.15) is 13.3 Å². The first kappa shape index (κ1) is 14.7. The predicted octanol–water partition coefficient (Wildman–Crippen LogP) is 0.0340. The third kappa shape index (κ3) is 4.43. The summed E-state index contributed by atoms with van der Waals surface area (Å²) in [6.45, 7) is 6.44. The molecular formula is C11H21ClN2O3. The summed E-state index contributed by atoms with van der Waals surface area (Å²) in [7, 11) is 0. The third-order valence-corrected chi connectivity index (χ3v) is 3.00.